The van der Waals surface area contributed by atoms with Crippen molar-refractivity contribution in [3.8, 4) is 0 Å². The van der Waals surface area contributed by atoms with Crippen LogP contribution in [0.2, 0.25) is 0 Å². The van der Waals surface area contributed by atoms with Gasteiger partial charge in [-0.15, -0.1) is 0 Å². The van der Waals surface area contributed by atoms with Gasteiger partial charge in [0, 0.05) is 19.6 Å². The van der Waals surface area contributed by atoms with Gasteiger partial charge < -0.3 is 30.0 Å². The molecule has 7 heteroatoms. The van der Waals surface area contributed by atoms with Gasteiger partial charge in [-0.2, -0.15) is 0 Å². The van der Waals surface area contributed by atoms with Gasteiger partial charge in [0.2, 0.25) is 0 Å². The lowest BCUT2D eigenvalue weighted by Gasteiger charge is -2.08. The standard InChI is InChI=1S/C20H42N2O5/c1-2-3-5-10-21-12-7-14-25-16-18-27-19-17-26-15-8-13-22-11-6-4-9-20(23)24/h21-22H,2-19H2,1H3,(H,23,24). The lowest BCUT2D eigenvalue weighted by molar-refractivity contribution is -0.137. The van der Waals surface area contributed by atoms with E-state index in [0.29, 0.717) is 33.0 Å². The third kappa shape index (κ3) is 25.3. The van der Waals surface area contributed by atoms with E-state index in [-0.39, 0.29) is 6.42 Å². The number of nitrogens with one attached hydrogen (secondary N) is 2. The molecule has 3 N–H and O–H groups in total. The zero-order chi connectivity index (χ0) is 19.8. The molecule has 0 radical (unpaired) electrons. The minimum Gasteiger partial charge on any atom is -0.481 e. The number of ether oxygens (including phenoxy) is 3. The summed E-state index contributed by atoms with van der Waals surface area (Å²) in [5.74, 6) is -0.720. The second-order valence-corrected chi connectivity index (χ2v) is 6.60. The molecule has 27 heavy (non-hydrogen) atoms. The fourth-order valence-corrected chi connectivity index (χ4v) is 2.42. The number of hydrogen-bond donors (Lipinski definition) is 3. The fraction of sp³-hybridized carbons (Fsp3) is 0.950. The van der Waals surface area contributed by atoms with E-state index < -0.39 is 5.97 Å². The van der Waals surface area contributed by atoms with Gasteiger partial charge in [-0.05, 0) is 58.3 Å². The van der Waals surface area contributed by atoms with Gasteiger partial charge in [-0.1, -0.05) is 19.8 Å². The van der Waals surface area contributed by atoms with Crippen molar-refractivity contribution in [2.45, 2.75) is 58.3 Å². The minimum atomic E-state index is -0.720. The Bertz CT molecular complexity index is 306. The van der Waals surface area contributed by atoms with Crippen LogP contribution in [-0.2, 0) is 19.0 Å². The van der Waals surface area contributed by atoms with Crippen LogP contribution in [0.5, 0.6) is 0 Å². The Morgan fingerprint density at radius 2 is 1.11 bits per heavy atom. The Hall–Kier alpha value is -0.730. The summed E-state index contributed by atoms with van der Waals surface area (Å²) in [6.45, 7) is 10.1. The summed E-state index contributed by atoms with van der Waals surface area (Å²) in [5.41, 5.74) is 0. The molecule has 7 nitrogen and oxygen atoms in total. The van der Waals surface area contributed by atoms with Crippen molar-refractivity contribution in [2.75, 3.05) is 65.8 Å². The third-order valence-electron chi connectivity index (χ3n) is 3.98. The lowest BCUT2D eigenvalue weighted by Crippen LogP contribution is -2.19. The highest BCUT2D eigenvalue weighted by atomic mass is 16.5. The molecule has 0 fully saturated rings. The van der Waals surface area contributed by atoms with E-state index in [2.05, 4.69) is 17.6 Å². The maximum atomic E-state index is 10.4. The average molecular weight is 391 g/mol. The number of unbranched alkanes of at least 4 members (excludes halogenated alkanes) is 3. The third-order valence-corrected chi connectivity index (χ3v) is 3.98. The van der Waals surface area contributed by atoms with E-state index in [9.17, 15) is 4.79 Å². The molecule has 162 valence electrons. The number of carboxylic acids is 1. The van der Waals surface area contributed by atoms with Crippen molar-refractivity contribution < 1.29 is 24.1 Å². The summed E-state index contributed by atoms with van der Waals surface area (Å²) in [6.07, 6.45) is 7.72. The van der Waals surface area contributed by atoms with Crippen LogP contribution in [0.15, 0.2) is 0 Å². The van der Waals surface area contributed by atoms with Gasteiger partial charge >= 0.3 is 5.97 Å². The molecule has 0 heterocycles. The molecule has 0 amide bonds. The number of carbonyl (C=O) groups is 1. The Morgan fingerprint density at radius 1 is 0.667 bits per heavy atom. The average Bonchev–Trinajstić information content (AvgIpc) is 2.65. The van der Waals surface area contributed by atoms with Crippen molar-refractivity contribution in [1.82, 2.24) is 10.6 Å². The maximum absolute atomic E-state index is 10.4. The first-order chi connectivity index (χ1) is 13.3. The van der Waals surface area contributed by atoms with Crippen LogP contribution < -0.4 is 10.6 Å². The first-order valence-corrected chi connectivity index (χ1v) is 10.6. The molecule has 0 saturated heterocycles. The fourth-order valence-electron chi connectivity index (χ4n) is 2.42. The topological polar surface area (TPSA) is 89.0 Å². The van der Waals surface area contributed by atoms with Crippen LogP contribution in [-0.4, -0.2) is 76.9 Å². The van der Waals surface area contributed by atoms with Gasteiger partial charge in [-0.25, -0.2) is 0 Å². The summed E-state index contributed by atoms with van der Waals surface area (Å²) in [7, 11) is 0. The molecular weight excluding hydrogens is 348 g/mol. The highest BCUT2D eigenvalue weighted by molar-refractivity contribution is 5.66. The second-order valence-electron chi connectivity index (χ2n) is 6.60. The van der Waals surface area contributed by atoms with E-state index in [4.69, 9.17) is 19.3 Å². The normalized spacial score (nSPS) is 11.1. The van der Waals surface area contributed by atoms with E-state index >= 15 is 0 Å². The van der Waals surface area contributed by atoms with E-state index in [1.807, 2.05) is 0 Å². The van der Waals surface area contributed by atoms with Crippen LogP contribution >= 0.6 is 0 Å². The second kappa shape index (κ2) is 23.3. The molecule has 0 aliphatic carbocycles. The summed E-state index contributed by atoms with van der Waals surface area (Å²) < 4.78 is 16.5. The minimum absolute atomic E-state index is 0.256. The van der Waals surface area contributed by atoms with Crippen LogP contribution in [0.3, 0.4) is 0 Å². The molecule has 0 aromatic heterocycles. The largest absolute Gasteiger partial charge is 0.481 e. The Balaban J connectivity index is 2.98. The first kappa shape index (κ1) is 26.3. The molecule has 0 aliphatic rings. The molecule has 0 atom stereocenters. The van der Waals surface area contributed by atoms with Crippen molar-refractivity contribution in [1.29, 1.82) is 0 Å². The number of hydrogen-bond acceptors (Lipinski definition) is 6. The molecule has 0 bridgehead atoms. The summed E-state index contributed by atoms with van der Waals surface area (Å²) in [4.78, 5) is 10.4. The van der Waals surface area contributed by atoms with Gasteiger partial charge in [-0.3, -0.25) is 4.79 Å². The van der Waals surface area contributed by atoms with E-state index in [1.54, 1.807) is 0 Å². The van der Waals surface area contributed by atoms with E-state index in [0.717, 1.165) is 58.5 Å². The smallest absolute Gasteiger partial charge is 0.303 e. The van der Waals surface area contributed by atoms with Crippen LogP contribution in [0.4, 0.5) is 0 Å². The number of rotatable bonds is 23. The molecule has 0 saturated carbocycles. The number of carboxylic acid groups (broad SMARTS) is 1. The lowest BCUT2D eigenvalue weighted by atomic mass is 10.2. The molecule has 0 aromatic carbocycles. The zero-order valence-corrected chi connectivity index (χ0v) is 17.3. The molecular formula is C20H42N2O5. The highest BCUT2D eigenvalue weighted by Gasteiger charge is 1.96. The van der Waals surface area contributed by atoms with Gasteiger partial charge in [0.25, 0.3) is 0 Å². The Labute approximate surface area is 165 Å². The molecule has 0 rings (SSSR count). The molecule has 0 aliphatic heterocycles. The van der Waals surface area contributed by atoms with Crippen LogP contribution in [0.1, 0.15) is 58.3 Å². The predicted octanol–water partition coefficient (Wildman–Crippen LogP) is 2.44. The van der Waals surface area contributed by atoms with E-state index in [1.165, 1.54) is 19.3 Å². The van der Waals surface area contributed by atoms with Crippen LogP contribution in [0, 0.1) is 0 Å². The summed E-state index contributed by atoms with van der Waals surface area (Å²) >= 11 is 0. The quantitative estimate of drug-likeness (QED) is 0.231. The molecule has 0 spiro atoms. The van der Waals surface area contributed by atoms with Gasteiger partial charge in [0.15, 0.2) is 0 Å². The van der Waals surface area contributed by atoms with Crippen molar-refractivity contribution in [3.63, 3.8) is 0 Å². The molecule has 0 aromatic rings. The predicted molar refractivity (Wildman–Crippen MR) is 108 cm³/mol. The van der Waals surface area contributed by atoms with Crippen molar-refractivity contribution in [2.24, 2.45) is 0 Å². The summed E-state index contributed by atoms with van der Waals surface area (Å²) in [6, 6.07) is 0. The monoisotopic (exact) mass is 390 g/mol. The molecule has 0 unspecified atom stereocenters. The summed E-state index contributed by atoms with van der Waals surface area (Å²) in [5, 5.41) is 15.2. The van der Waals surface area contributed by atoms with Gasteiger partial charge in [0.1, 0.15) is 0 Å². The highest BCUT2D eigenvalue weighted by Crippen LogP contribution is 1.93. The van der Waals surface area contributed by atoms with Crippen molar-refractivity contribution in [3.05, 3.63) is 0 Å². The Morgan fingerprint density at radius 3 is 1.59 bits per heavy atom. The van der Waals surface area contributed by atoms with Gasteiger partial charge in [0.05, 0.1) is 26.4 Å². The maximum Gasteiger partial charge on any atom is 0.303 e. The number of aliphatic carboxylic acids is 1. The SMILES string of the molecule is CCCCCNCCCOCCOCCOCCCNCCCCC(=O)O. The first-order valence-electron chi connectivity index (χ1n) is 10.6. The van der Waals surface area contributed by atoms with Crippen molar-refractivity contribution >= 4 is 5.97 Å². The van der Waals surface area contributed by atoms with Crippen LogP contribution in [0.25, 0.3) is 0 Å². The Kier molecular flexibility index (Phi) is 22.7. The zero-order valence-electron chi connectivity index (χ0n) is 17.3.